The molecule has 3 aromatic rings. The quantitative estimate of drug-likeness (QED) is 0.328. The van der Waals surface area contributed by atoms with Crippen molar-refractivity contribution in [2.75, 3.05) is 12.3 Å². The predicted octanol–water partition coefficient (Wildman–Crippen LogP) is 2.91. The normalized spacial score (nSPS) is 12.5. The van der Waals surface area contributed by atoms with Crippen LogP contribution in [-0.2, 0) is 16.6 Å². The topological polar surface area (TPSA) is 119 Å². The van der Waals surface area contributed by atoms with Gasteiger partial charge in [0.2, 0.25) is 10.0 Å². The Morgan fingerprint density at radius 2 is 1.84 bits per heavy atom. The van der Waals surface area contributed by atoms with Gasteiger partial charge in [-0.2, -0.15) is 0 Å². The molecule has 0 unspecified atom stereocenters. The second-order valence-corrected chi connectivity index (χ2v) is 9.93. The summed E-state index contributed by atoms with van der Waals surface area (Å²) in [5.74, 6) is 0.920. The van der Waals surface area contributed by atoms with Gasteiger partial charge in [-0.1, -0.05) is 23.4 Å². The highest BCUT2D eigenvalue weighted by Gasteiger charge is 2.23. The van der Waals surface area contributed by atoms with Crippen LogP contribution in [0.5, 0.6) is 0 Å². The van der Waals surface area contributed by atoms with Crippen molar-refractivity contribution in [1.29, 1.82) is 0 Å². The van der Waals surface area contributed by atoms with E-state index >= 15 is 0 Å². The van der Waals surface area contributed by atoms with Crippen LogP contribution in [0.2, 0.25) is 5.02 Å². The Labute approximate surface area is 196 Å². The maximum atomic E-state index is 12.7. The van der Waals surface area contributed by atoms with Gasteiger partial charge in [0, 0.05) is 41.8 Å². The average Bonchev–Trinajstić information content (AvgIpc) is 3.20. The molecule has 0 aliphatic heterocycles. The molecule has 0 saturated heterocycles. The summed E-state index contributed by atoms with van der Waals surface area (Å²) < 4.78 is 29.8. The van der Waals surface area contributed by atoms with Crippen LogP contribution in [0.3, 0.4) is 0 Å². The van der Waals surface area contributed by atoms with Gasteiger partial charge >= 0.3 is 0 Å². The number of hydrogen-bond acceptors (Lipinski definition) is 7. The van der Waals surface area contributed by atoms with E-state index in [0.717, 1.165) is 0 Å². The van der Waals surface area contributed by atoms with Gasteiger partial charge in [0.1, 0.15) is 0 Å². The summed E-state index contributed by atoms with van der Waals surface area (Å²) in [6, 6.07) is 8.65. The molecule has 2 aromatic heterocycles. The zero-order valence-corrected chi connectivity index (χ0v) is 19.9. The summed E-state index contributed by atoms with van der Waals surface area (Å²) in [5.41, 5.74) is 0.547. The highest BCUT2D eigenvalue weighted by Crippen LogP contribution is 2.22. The van der Waals surface area contributed by atoms with Crippen molar-refractivity contribution in [1.82, 2.24) is 29.8 Å². The number of sulfonamides is 1. The fraction of sp³-hybridized carbons (Fsp3) is 0.300. The Bertz CT molecular complexity index is 1150. The lowest BCUT2D eigenvalue weighted by Crippen LogP contribution is -2.29. The Hall–Kier alpha value is -2.47. The first-order valence-electron chi connectivity index (χ1n) is 9.84. The van der Waals surface area contributed by atoms with Crippen molar-refractivity contribution in [2.24, 2.45) is 0 Å². The molecule has 9 nitrogen and oxygen atoms in total. The second-order valence-electron chi connectivity index (χ2n) is 6.72. The maximum absolute atomic E-state index is 12.7. The molecule has 0 radical (unpaired) electrons. The van der Waals surface area contributed by atoms with Gasteiger partial charge in [-0.05, 0) is 50.2 Å². The lowest BCUT2D eigenvalue weighted by atomic mass is 10.2. The third-order valence-electron chi connectivity index (χ3n) is 4.47. The number of benzene rings is 1. The second kappa shape index (κ2) is 10.9. The van der Waals surface area contributed by atoms with Gasteiger partial charge in [0.05, 0.1) is 10.9 Å². The van der Waals surface area contributed by atoms with Crippen LogP contribution in [0.1, 0.15) is 36.1 Å². The molecular formula is C20H23ClN6O3S2. The molecule has 0 bridgehead atoms. The third kappa shape index (κ3) is 6.06. The van der Waals surface area contributed by atoms with Crippen LogP contribution < -0.4 is 10.0 Å². The van der Waals surface area contributed by atoms with E-state index in [1.165, 1.54) is 36.0 Å². The number of nitrogens with one attached hydrogen (secondary N) is 2. The fourth-order valence-electron chi connectivity index (χ4n) is 2.90. The van der Waals surface area contributed by atoms with Crippen LogP contribution in [0.25, 0.3) is 0 Å². The van der Waals surface area contributed by atoms with Gasteiger partial charge in [-0.15, -0.1) is 10.2 Å². The van der Waals surface area contributed by atoms with Gasteiger partial charge < -0.3 is 9.88 Å². The fourth-order valence-corrected chi connectivity index (χ4v) is 5.09. The minimum absolute atomic E-state index is 0.121. The Morgan fingerprint density at radius 3 is 2.50 bits per heavy atom. The first-order valence-corrected chi connectivity index (χ1v) is 12.7. The lowest BCUT2D eigenvalue weighted by Gasteiger charge is -2.15. The summed E-state index contributed by atoms with van der Waals surface area (Å²) in [7, 11) is -3.75. The summed E-state index contributed by atoms with van der Waals surface area (Å²) in [4.78, 5) is 16.1. The number of pyridine rings is 1. The number of hydrogen-bond donors (Lipinski definition) is 2. The van der Waals surface area contributed by atoms with E-state index in [1.54, 1.807) is 31.5 Å². The molecule has 32 heavy (non-hydrogen) atoms. The standard InChI is InChI=1S/C20H23ClN6O3S2/c1-3-27-18(14(2)26-32(29,30)17-6-4-16(21)5-7-17)24-25-20(27)31-13-12-23-19(28)15-8-10-22-11-9-15/h4-11,14,26H,3,12-13H2,1-2H3,(H,23,28)/t14-/m1/s1. The van der Waals surface area contributed by atoms with Crippen LogP contribution >= 0.6 is 23.4 Å². The minimum Gasteiger partial charge on any atom is -0.351 e. The van der Waals surface area contributed by atoms with Crippen molar-refractivity contribution in [2.45, 2.75) is 36.5 Å². The van der Waals surface area contributed by atoms with Crippen LogP contribution in [0.15, 0.2) is 58.8 Å². The third-order valence-corrected chi connectivity index (χ3v) is 7.24. The Morgan fingerprint density at radius 1 is 1.16 bits per heavy atom. The molecule has 2 N–H and O–H groups in total. The van der Waals surface area contributed by atoms with Gasteiger partial charge in [-0.25, -0.2) is 13.1 Å². The summed E-state index contributed by atoms with van der Waals surface area (Å²) in [5, 5.41) is 12.3. The highest BCUT2D eigenvalue weighted by molar-refractivity contribution is 7.99. The number of thioether (sulfide) groups is 1. The molecule has 0 fully saturated rings. The monoisotopic (exact) mass is 494 g/mol. The molecule has 0 aliphatic carbocycles. The van der Waals surface area contributed by atoms with E-state index < -0.39 is 16.1 Å². The van der Waals surface area contributed by atoms with Crippen molar-refractivity contribution in [3.63, 3.8) is 0 Å². The van der Waals surface area contributed by atoms with Crippen LogP contribution in [0.4, 0.5) is 0 Å². The number of amides is 1. The van der Waals surface area contributed by atoms with Crippen molar-refractivity contribution >= 4 is 39.3 Å². The zero-order valence-electron chi connectivity index (χ0n) is 17.5. The first kappa shape index (κ1) is 24.2. The van der Waals surface area contributed by atoms with Crippen molar-refractivity contribution in [3.05, 3.63) is 65.2 Å². The zero-order chi connectivity index (χ0) is 23.1. The van der Waals surface area contributed by atoms with E-state index in [9.17, 15) is 13.2 Å². The van der Waals surface area contributed by atoms with Gasteiger partial charge in [0.25, 0.3) is 5.91 Å². The number of nitrogens with zero attached hydrogens (tertiary/aromatic N) is 4. The van der Waals surface area contributed by atoms with E-state index in [2.05, 4.69) is 25.2 Å². The van der Waals surface area contributed by atoms with E-state index in [1.807, 2.05) is 11.5 Å². The van der Waals surface area contributed by atoms with Gasteiger partial charge in [-0.3, -0.25) is 9.78 Å². The van der Waals surface area contributed by atoms with E-state index in [4.69, 9.17) is 11.6 Å². The molecular weight excluding hydrogens is 472 g/mol. The smallest absolute Gasteiger partial charge is 0.251 e. The molecule has 0 spiro atoms. The molecule has 1 amide bonds. The number of carbonyl (C=O) groups is 1. The maximum Gasteiger partial charge on any atom is 0.251 e. The Balaban J connectivity index is 1.60. The first-order chi connectivity index (χ1) is 15.3. The summed E-state index contributed by atoms with van der Waals surface area (Å²) in [6.45, 7) is 4.66. The Kier molecular flexibility index (Phi) is 8.24. The molecule has 3 rings (SSSR count). The predicted molar refractivity (Wildman–Crippen MR) is 123 cm³/mol. The highest BCUT2D eigenvalue weighted by atomic mass is 35.5. The molecule has 0 aliphatic rings. The van der Waals surface area contributed by atoms with Crippen molar-refractivity contribution < 1.29 is 13.2 Å². The lowest BCUT2D eigenvalue weighted by molar-refractivity contribution is 0.0956. The number of carbonyl (C=O) groups excluding carboxylic acids is 1. The average molecular weight is 495 g/mol. The minimum atomic E-state index is -3.75. The summed E-state index contributed by atoms with van der Waals surface area (Å²) in [6.07, 6.45) is 3.13. The molecule has 12 heteroatoms. The molecule has 1 aromatic carbocycles. The molecule has 0 saturated carbocycles. The molecule has 170 valence electrons. The molecule has 2 heterocycles. The van der Waals surface area contributed by atoms with Crippen LogP contribution in [0, 0.1) is 0 Å². The van der Waals surface area contributed by atoms with E-state index in [0.29, 0.717) is 40.4 Å². The SMILES string of the molecule is CCn1c(SCCNC(=O)c2ccncc2)nnc1[C@@H](C)NS(=O)(=O)c1ccc(Cl)cc1. The van der Waals surface area contributed by atoms with Gasteiger partial charge in [0.15, 0.2) is 11.0 Å². The largest absolute Gasteiger partial charge is 0.351 e. The summed E-state index contributed by atoms with van der Waals surface area (Å²) >= 11 is 7.27. The van der Waals surface area contributed by atoms with Crippen molar-refractivity contribution in [3.8, 4) is 0 Å². The molecule has 1 atom stereocenters. The number of rotatable bonds is 10. The van der Waals surface area contributed by atoms with Crippen LogP contribution in [-0.4, -0.2) is 46.4 Å². The van der Waals surface area contributed by atoms with E-state index in [-0.39, 0.29) is 10.8 Å². The number of aromatic nitrogens is 4. The number of halogens is 1.